The van der Waals surface area contributed by atoms with Gasteiger partial charge in [0.15, 0.2) is 5.88 Å². The summed E-state index contributed by atoms with van der Waals surface area (Å²) in [5.74, 6) is 1.45. The molecule has 0 radical (unpaired) electrons. The highest BCUT2D eigenvalue weighted by Crippen LogP contribution is 2.30. The maximum atomic E-state index is 11.3. The zero-order valence-corrected chi connectivity index (χ0v) is 15.1. The molecule has 4 heteroatoms. The van der Waals surface area contributed by atoms with Gasteiger partial charge in [-0.05, 0) is 50.0 Å². The van der Waals surface area contributed by atoms with Gasteiger partial charge in [0.1, 0.15) is 6.10 Å². The molecule has 4 nitrogen and oxygen atoms in total. The largest absolute Gasteiger partial charge is 0.476 e. The summed E-state index contributed by atoms with van der Waals surface area (Å²) in [5.41, 5.74) is 7.18. The van der Waals surface area contributed by atoms with Gasteiger partial charge in [-0.2, -0.15) is 0 Å². The van der Waals surface area contributed by atoms with E-state index in [2.05, 4.69) is 26.8 Å². The molecule has 0 bridgehead atoms. The van der Waals surface area contributed by atoms with Crippen LogP contribution in [0.25, 0.3) is 0 Å². The average molecular weight is 323 g/mol. The van der Waals surface area contributed by atoms with Crippen molar-refractivity contribution in [1.29, 1.82) is 0 Å². The number of hydrogen-bond donors (Lipinski definition) is 1. The van der Waals surface area contributed by atoms with Crippen molar-refractivity contribution in [2.45, 2.75) is 71.8 Å². The molecule has 23 heavy (non-hydrogen) atoms. The first-order valence-corrected chi connectivity index (χ1v) is 8.83. The number of allylic oxidation sites excluding steroid dienone is 3. The summed E-state index contributed by atoms with van der Waals surface area (Å²) < 4.78 is 10.6. The normalized spacial score (nSPS) is 24.2. The molecule has 2 unspecified atom stereocenters. The van der Waals surface area contributed by atoms with Gasteiger partial charge in [0.05, 0.1) is 7.11 Å². The van der Waals surface area contributed by atoms with Gasteiger partial charge < -0.3 is 15.2 Å². The van der Waals surface area contributed by atoms with Crippen LogP contribution in [0.3, 0.4) is 0 Å². The molecule has 2 N–H and O–H groups in total. The average Bonchev–Trinajstić information content (AvgIpc) is 2.52. The third kappa shape index (κ3) is 8.10. The van der Waals surface area contributed by atoms with Crippen molar-refractivity contribution < 1.29 is 14.3 Å². The summed E-state index contributed by atoms with van der Waals surface area (Å²) in [7, 11) is 1.44. The molecular formula is C19H33NO3. The SMILES string of the molecule is CCC(C)/C=C(C)\C=C(/N)O[C@@H]1CCCC(CCC(=O)OC)C1. The van der Waals surface area contributed by atoms with Crippen LogP contribution in [0.1, 0.15) is 65.7 Å². The molecule has 1 aliphatic rings. The van der Waals surface area contributed by atoms with Crippen LogP contribution in [0.4, 0.5) is 0 Å². The maximum Gasteiger partial charge on any atom is 0.305 e. The van der Waals surface area contributed by atoms with E-state index in [4.69, 9.17) is 15.2 Å². The zero-order chi connectivity index (χ0) is 17.2. The van der Waals surface area contributed by atoms with E-state index in [-0.39, 0.29) is 12.1 Å². The second kappa shape index (κ2) is 10.3. The van der Waals surface area contributed by atoms with E-state index < -0.39 is 0 Å². The van der Waals surface area contributed by atoms with Gasteiger partial charge in [0.25, 0.3) is 0 Å². The van der Waals surface area contributed by atoms with Crippen molar-refractivity contribution in [1.82, 2.24) is 0 Å². The minimum atomic E-state index is -0.127. The molecular weight excluding hydrogens is 290 g/mol. The molecule has 1 saturated carbocycles. The van der Waals surface area contributed by atoms with Crippen LogP contribution in [-0.4, -0.2) is 19.2 Å². The van der Waals surface area contributed by atoms with Crippen LogP contribution < -0.4 is 5.73 Å². The minimum Gasteiger partial charge on any atom is -0.476 e. The van der Waals surface area contributed by atoms with Gasteiger partial charge in [0.2, 0.25) is 0 Å². The Morgan fingerprint density at radius 2 is 2.13 bits per heavy atom. The predicted octanol–water partition coefficient (Wildman–Crippen LogP) is 4.31. The molecule has 0 aromatic carbocycles. The maximum absolute atomic E-state index is 11.3. The van der Waals surface area contributed by atoms with Gasteiger partial charge in [-0.15, -0.1) is 0 Å². The van der Waals surface area contributed by atoms with Crippen molar-refractivity contribution >= 4 is 5.97 Å². The lowest BCUT2D eigenvalue weighted by Crippen LogP contribution is -2.25. The fraction of sp³-hybridized carbons (Fsp3) is 0.737. The minimum absolute atomic E-state index is 0.127. The highest BCUT2D eigenvalue weighted by Gasteiger charge is 2.24. The number of ether oxygens (including phenoxy) is 2. The third-order valence-electron chi connectivity index (χ3n) is 4.58. The van der Waals surface area contributed by atoms with E-state index in [0.29, 0.717) is 24.1 Å². The van der Waals surface area contributed by atoms with E-state index in [1.165, 1.54) is 7.11 Å². The topological polar surface area (TPSA) is 61.5 Å². The van der Waals surface area contributed by atoms with Crippen LogP contribution in [0.5, 0.6) is 0 Å². The molecule has 0 saturated heterocycles. The van der Waals surface area contributed by atoms with Crippen molar-refractivity contribution in [3.05, 3.63) is 23.6 Å². The first-order valence-electron chi connectivity index (χ1n) is 8.83. The van der Waals surface area contributed by atoms with Crippen molar-refractivity contribution in [2.24, 2.45) is 17.6 Å². The second-order valence-electron chi connectivity index (χ2n) is 6.73. The highest BCUT2D eigenvalue weighted by atomic mass is 16.5. The van der Waals surface area contributed by atoms with E-state index >= 15 is 0 Å². The Morgan fingerprint density at radius 3 is 2.78 bits per heavy atom. The van der Waals surface area contributed by atoms with Crippen LogP contribution in [-0.2, 0) is 14.3 Å². The Hall–Kier alpha value is -1.45. The fourth-order valence-corrected chi connectivity index (χ4v) is 3.10. The lowest BCUT2D eigenvalue weighted by molar-refractivity contribution is -0.141. The zero-order valence-electron chi connectivity index (χ0n) is 15.1. The summed E-state index contributed by atoms with van der Waals surface area (Å²) in [5, 5.41) is 0. The van der Waals surface area contributed by atoms with Gasteiger partial charge >= 0.3 is 5.97 Å². The van der Waals surface area contributed by atoms with E-state index in [1.807, 2.05) is 6.08 Å². The van der Waals surface area contributed by atoms with Gasteiger partial charge in [-0.1, -0.05) is 32.8 Å². The monoisotopic (exact) mass is 323 g/mol. The first kappa shape index (κ1) is 19.6. The van der Waals surface area contributed by atoms with Crippen molar-refractivity contribution in [3.63, 3.8) is 0 Å². The number of esters is 1. The predicted molar refractivity (Wildman–Crippen MR) is 93.6 cm³/mol. The Kier molecular flexibility index (Phi) is 8.82. The Bertz CT molecular complexity index is 428. The molecule has 0 amide bonds. The lowest BCUT2D eigenvalue weighted by Gasteiger charge is -2.29. The van der Waals surface area contributed by atoms with Crippen LogP contribution in [0, 0.1) is 11.8 Å². The molecule has 1 aliphatic carbocycles. The molecule has 1 fully saturated rings. The van der Waals surface area contributed by atoms with Gasteiger partial charge in [-0.25, -0.2) is 0 Å². The van der Waals surface area contributed by atoms with Crippen LogP contribution in [0.15, 0.2) is 23.6 Å². The standard InChI is InChI=1S/C19H33NO3/c1-5-14(2)11-15(3)12-18(20)23-17-8-6-7-16(13-17)9-10-19(21)22-4/h11-12,14,16-17H,5-10,13,20H2,1-4H3/b15-11-,18-12+/t14?,16?,17-/m1/s1. The molecule has 132 valence electrons. The van der Waals surface area contributed by atoms with Crippen LogP contribution in [0.2, 0.25) is 0 Å². The highest BCUT2D eigenvalue weighted by molar-refractivity contribution is 5.69. The Balaban J connectivity index is 2.46. The van der Waals surface area contributed by atoms with Gasteiger partial charge in [0, 0.05) is 12.5 Å². The van der Waals surface area contributed by atoms with E-state index in [0.717, 1.165) is 44.1 Å². The van der Waals surface area contributed by atoms with Crippen molar-refractivity contribution in [3.8, 4) is 0 Å². The number of methoxy groups -OCH3 is 1. The summed E-state index contributed by atoms with van der Waals surface area (Å²) in [6.07, 6.45) is 11.1. The molecule has 0 spiro atoms. The Labute approximate surface area is 141 Å². The molecule has 0 heterocycles. The number of hydrogen-bond acceptors (Lipinski definition) is 4. The number of carbonyl (C=O) groups is 1. The fourth-order valence-electron chi connectivity index (χ4n) is 3.10. The molecule has 0 aromatic rings. The van der Waals surface area contributed by atoms with E-state index in [9.17, 15) is 4.79 Å². The third-order valence-corrected chi connectivity index (χ3v) is 4.58. The number of nitrogens with two attached hydrogens (primary N) is 1. The smallest absolute Gasteiger partial charge is 0.305 e. The number of rotatable bonds is 8. The molecule has 0 aromatic heterocycles. The van der Waals surface area contributed by atoms with Gasteiger partial charge in [-0.3, -0.25) is 4.79 Å². The summed E-state index contributed by atoms with van der Waals surface area (Å²) >= 11 is 0. The van der Waals surface area contributed by atoms with Crippen molar-refractivity contribution in [2.75, 3.05) is 7.11 Å². The summed E-state index contributed by atoms with van der Waals surface area (Å²) in [6.45, 7) is 6.43. The lowest BCUT2D eigenvalue weighted by atomic mass is 9.84. The molecule has 0 aliphatic heterocycles. The Morgan fingerprint density at radius 1 is 1.39 bits per heavy atom. The molecule has 3 atom stereocenters. The van der Waals surface area contributed by atoms with Crippen LogP contribution >= 0.6 is 0 Å². The second-order valence-corrected chi connectivity index (χ2v) is 6.73. The number of carbonyl (C=O) groups excluding carboxylic acids is 1. The first-order chi connectivity index (χ1) is 10.9. The summed E-state index contributed by atoms with van der Waals surface area (Å²) in [4.78, 5) is 11.3. The molecule has 1 rings (SSSR count). The van der Waals surface area contributed by atoms with E-state index in [1.54, 1.807) is 0 Å². The summed E-state index contributed by atoms with van der Waals surface area (Å²) in [6, 6.07) is 0. The quantitative estimate of drug-likeness (QED) is 0.411.